The molecule has 0 fully saturated rings. The van der Waals surface area contributed by atoms with E-state index in [2.05, 4.69) is 30.3 Å². The van der Waals surface area contributed by atoms with Gasteiger partial charge in [-0.2, -0.15) is 0 Å². The minimum Gasteiger partial charge on any atom is -0.283 e. The van der Waals surface area contributed by atoms with E-state index >= 15 is 0 Å². The number of benzene rings is 3. The lowest BCUT2D eigenvalue weighted by Gasteiger charge is -2.14. The number of fused-ring (bicyclic) bond motifs is 3. The van der Waals surface area contributed by atoms with Gasteiger partial charge in [0.1, 0.15) is 0 Å². The van der Waals surface area contributed by atoms with Crippen molar-refractivity contribution in [1.29, 1.82) is 0 Å². The van der Waals surface area contributed by atoms with Gasteiger partial charge in [-0.25, -0.2) is 0 Å². The zero-order chi connectivity index (χ0) is 18.2. The van der Waals surface area contributed by atoms with Crippen LogP contribution in [0.1, 0.15) is 0 Å². The Morgan fingerprint density at radius 3 is 2.00 bits per heavy atom. The Balaban J connectivity index is 1.97. The fourth-order valence-corrected chi connectivity index (χ4v) is 3.74. The highest BCUT2D eigenvalue weighted by molar-refractivity contribution is 5.98. The van der Waals surface area contributed by atoms with Gasteiger partial charge < -0.3 is 0 Å². The Morgan fingerprint density at radius 1 is 0.630 bits per heavy atom. The maximum absolute atomic E-state index is 13.5. The SMILES string of the molecule is O=c1c(-c2ccccc2)c(-c2ccccc2)cc2c3ccccc3ccn12. The van der Waals surface area contributed by atoms with Crippen LogP contribution in [0.25, 0.3) is 38.5 Å². The van der Waals surface area contributed by atoms with Crippen molar-refractivity contribution in [3.63, 3.8) is 0 Å². The number of aromatic nitrogens is 1. The number of hydrogen-bond acceptors (Lipinski definition) is 1. The van der Waals surface area contributed by atoms with Crippen molar-refractivity contribution in [2.24, 2.45) is 0 Å². The first-order valence-corrected chi connectivity index (χ1v) is 9.01. The molecule has 0 unspecified atom stereocenters. The van der Waals surface area contributed by atoms with E-state index in [1.807, 2.05) is 72.9 Å². The van der Waals surface area contributed by atoms with Crippen LogP contribution in [0.15, 0.2) is 108 Å². The zero-order valence-corrected chi connectivity index (χ0v) is 14.7. The molecule has 0 spiro atoms. The summed E-state index contributed by atoms with van der Waals surface area (Å²) < 4.78 is 1.76. The second-order valence-corrected chi connectivity index (χ2v) is 6.63. The first kappa shape index (κ1) is 15.6. The van der Waals surface area contributed by atoms with E-state index in [9.17, 15) is 4.79 Å². The maximum atomic E-state index is 13.5. The van der Waals surface area contributed by atoms with Crippen molar-refractivity contribution >= 4 is 16.3 Å². The third kappa shape index (κ3) is 2.54. The summed E-state index contributed by atoms with van der Waals surface area (Å²) in [5.41, 5.74) is 4.60. The minimum atomic E-state index is 0.00306. The molecule has 5 aromatic rings. The van der Waals surface area contributed by atoms with Crippen LogP contribution in [0.3, 0.4) is 0 Å². The van der Waals surface area contributed by atoms with Crippen LogP contribution < -0.4 is 5.56 Å². The van der Waals surface area contributed by atoms with Crippen LogP contribution in [-0.2, 0) is 0 Å². The average molecular weight is 347 g/mol. The Labute approximate surface area is 157 Å². The molecule has 0 saturated carbocycles. The predicted octanol–water partition coefficient (Wildman–Crippen LogP) is 5.79. The normalized spacial score (nSPS) is 11.1. The van der Waals surface area contributed by atoms with Crippen LogP contribution in [0.4, 0.5) is 0 Å². The van der Waals surface area contributed by atoms with Gasteiger partial charge in [-0.05, 0) is 34.2 Å². The van der Waals surface area contributed by atoms with Gasteiger partial charge in [0.2, 0.25) is 0 Å². The van der Waals surface area contributed by atoms with Crippen molar-refractivity contribution < 1.29 is 0 Å². The highest BCUT2D eigenvalue weighted by Crippen LogP contribution is 2.32. The molecular formula is C25H17NO. The Kier molecular flexibility index (Phi) is 3.61. The Hall–Kier alpha value is -3.65. The molecule has 2 nitrogen and oxygen atoms in total. The van der Waals surface area contributed by atoms with E-state index in [1.54, 1.807) is 4.40 Å². The summed E-state index contributed by atoms with van der Waals surface area (Å²) in [6.07, 6.45) is 1.88. The maximum Gasteiger partial charge on any atom is 0.263 e. The molecule has 0 aliphatic carbocycles. The van der Waals surface area contributed by atoms with E-state index in [0.29, 0.717) is 0 Å². The first-order chi connectivity index (χ1) is 13.3. The van der Waals surface area contributed by atoms with Gasteiger partial charge in [0.25, 0.3) is 5.56 Å². The summed E-state index contributed by atoms with van der Waals surface area (Å²) in [5, 5.41) is 2.21. The monoisotopic (exact) mass is 347 g/mol. The van der Waals surface area contributed by atoms with E-state index in [4.69, 9.17) is 0 Å². The molecule has 0 N–H and O–H groups in total. The standard InChI is InChI=1S/C25H17NO/c27-25-24(20-12-5-2-6-13-20)22(18-9-3-1-4-10-18)17-23-21-14-8-7-11-19(21)15-16-26(23)25/h1-17H. The molecule has 0 radical (unpaired) electrons. The molecule has 0 amide bonds. The predicted molar refractivity (Wildman–Crippen MR) is 112 cm³/mol. The lowest BCUT2D eigenvalue weighted by atomic mass is 9.94. The highest BCUT2D eigenvalue weighted by atomic mass is 16.1. The number of rotatable bonds is 2. The second-order valence-electron chi connectivity index (χ2n) is 6.63. The summed E-state index contributed by atoms with van der Waals surface area (Å²) in [4.78, 5) is 13.5. The molecule has 27 heavy (non-hydrogen) atoms. The molecule has 128 valence electrons. The average Bonchev–Trinajstić information content (AvgIpc) is 2.74. The van der Waals surface area contributed by atoms with Gasteiger partial charge in [0.05, 0.1) is 11.1 Å². The van der Waals surface area contributed by atoms with Gasteiger partial charge in [0.15, 0.2) is 0 Å². The molecule has 3 aromatic carbocycles. The van der Waals surface area contributed by atoms with Crippen molar-refractivity contribution in [1.82, 2.24) is 4.40 Å². The first-order valence-electron chi connectivity index (χ1n) is 9.01. The zero-order valence-electron chi connectivity index (χ0n) is 14.7. The van der Waals surface area contributed by atoms with Crippen molar-refractivity contribution in [2.75, 3.05) is 0 Å². The number of nitrogens with zero attached hydrogens (tertiary/aromatic N) is 1. The smallest absolute Gasteiger partial charge is 0.263 e. The van der Waals surface area contributed by atoms with Crippen molar-refractivity contribution in [3.8, 4) is 22.3 Å². The topological polar surface area (TPSA) is 21.5 Å². The van der Waals surface area contributed by atoms with E-state index in [1.165, 1.54) is 0 Å². The highest BCUT2D eigenvalue weighted by Gasteiger charge is 2.15. The quantitative estimate of drug-likeness (QED) is 0.371. The third-order valence-corrected chi connectivity index (χ3v) is 5.03. The molecule has 0 bridgehead atoms. The summed E-state index contributed by atoms with van der Waals surface area (Å²) in [7, 11) is 0. The summed E-state index contributed by atoms with van der Waals surface area (Å²) in [6.45, 7) is 0. The molecule has 0 aliphatic rings. The van der Waals surface area contributed by atoms with Gasteiger partial charge in [0, 0.05) is 11.6 Å². The molecule has 0 aliphatic heterocycles. The molecular weight excluding hydrogens is 330 g/mol. The van der Waals surface area contributed by atoms with Gasteiger partial charge >= 0.3 is 0 Å². The van der Waals surface area contributed by atoms with Gasteiger partial charge in [-0.3, -0.25) is 9.20 Å². The van der Waals surface area contributed by atoms with Gasteiger partial charge in [-0.15, -0.1) is 0 Å². The van der Waals surface area contributed by atoms with Crippen LogP contribution in [-0.4, -0.2) is 4.40 Å². The van der Waals surface area contributed by atoms with Crippen LogP contribution in [0, 0.1) is 0 Å². The molecule has 0 atom stereocenters. The minimum absolute atomic E-state index is 0.00306. The number of hydrogen-bond donors (Lipinski definition) is 0. The molecule has 0 saturated heterocycles. The molecule has 2 aromatic heterocycles. The van der Waals surface area contributed by atoms with E-state index < -0.39 is 0 Å². The fraction of sp³-hybridized carbons (Fsp3) is 0. The van der Waals surface area contributed by atoms with Crippen molar-refractivity contribution in [2.45, 2.75) is 0 Å². The Bertz CT molecular complexity index is 1320. The van der Waals surface area contributed by atoms with E-state index in [0.717, 1.165) is 38.5 Å². The third-order valence-electron chi connectivity index (χ3n) is 5.03. The van der Waals surface area contributed by atoms with Crippen molar-refractivity contribution in [3.05, 3.63) is 114 Å². The lowest BCUT2D eigenvalue weighted by molar-refractivity contribution is 1.11. The Morgan fingerprint density at radius 2 is 1.26 bits per heavy atom. The second kappa shape index (κ2) is 6.26. The van der Waals surface area contributed by atoms with Crippen LogP contribution >= 0.6 is 0 Å². The lowest BCUT2D eigenvalue weighted by Crippen LogP contribution is -2.17. The molecule has 2 heterocycles. The molecule has 2 heteroatoms. The fourth-order valence-electron chi connectivity index (χ4n) is 3.74. The summed E-state index contributed by atoms with van der Waals surface area (Å²) >= 11 is 0. The summed E-state index contributed by atoms with van der Waals surface area (Å²) in [6, 6.07) is 32.4. The van der Waals surface area contributed by atoms with Gasteiger partial charge in [-0.1, -0.05) is 84.9 Å². The largest absolute Gasteiger partial charge is 0.283 e. The van der Waals surface area contributed by atoms with E-state index in [-0.39, 0.29) is 5.56 Å². The number of pyridine rings is 2. The van der Waals surface area contributed by atoms with Crippen LogP contribution in [0.2, 0.25) is 0 Å². The summed E-state index contributed by atoms with van der Waals surface area (Å²) in [5.74, 6) is 0. The van der Waals surface area contributed by atoms with Crippen LogP contribution in [0.5, 0.6) is 0 Å². The molecule has 5 rings (SSSR count).